The van der Waals surface area contributed by atoms with E-state index in [0.717, 1.165) is 0 Å². The number of halogens is 1. The Bertz CT molecular complexity index is 577. The third-order valence-corrected chi connectivity index (χ3v) is 2.59. The molecule has 0 saturated heterocycles. The number of rotatable bonds is 4. The van der Waals surface area contributed by atoms with Crippen LogP contribution < -0.4 is 11.1 Å². The summed E-state index contributed by atoms with van der Waals surface area (Å²) in [6, 6.07) is 4.71. The highest BCUT2D eigenvalue weighted by Crippen LogP contribution is 2.16. The molecule has 1 heterocycles. The minimum atomic E-state index is -0.245. The molecule has 0 aliphatic rings. The standard InChI is InChI=1S/C12H13ClN4O2/c1-7-16-11(19-17-7)2-3-15-12(18)8-4-9(13)6-10(14)5-8/h4-6H,2-3,14H2,1H3,(H,15,18). The van der Waals surface area contributed by atoms with E-state index in [9.17, 15) is 4.79 Å². The molecule has 0 aliphatic heterocycles. The van der Waals surface area contributed by atoms with Crippen LogP contribution in [0.2, 0.25) is 5.02 Å². The van der Waals surface area contributed by atoms with Crippen LogP contribution in [-0.2, 0) is 6.42 Å². The maximum absolute atomic E-state index is 11.9. The van der Waals surface area contributed by atoms with Gasteiger partial charge in [-0.05, 0) is 25.1 Å². The second-order valence-electron chi connectivity index (χ2n) is 4.01. The van der Waals surface area contributed by atoms with Gasteiger partial charge in [-0.1, -0.05) is 16.8 Å². The van der Waals surface area contributed by atoms with Crippen LogP contribution in [0.5, 0.6) is 0 Å². The fourth-order valence-electron chi connectivity index (χ4n) is 1.57. The number of hydrogen-bond acceptors (Lipinski definition) is 5. The molecule has 0 spiro atoms. The number of anilines is 1. The Morgan fingerprint density at radius 1 is 1.47 bits per heavy atom. The molecule has 0 saturated carbocycles. The summed E-state index contributed by atoms with van der Waals surface area (Å²) in [5.41, 5.74) is 6.49. The van der Waals surface area contributed by atoms with Crippen molar-refractivity contribution in [3.63, 3.8) is 0 Å². The maximum Gasteiger partial charge on any atom is 0.251 e. The molecule has 19 heavy (non-hydrogen) atoms. The van der Waals surface area contributed by atoms with E-state index in [0.29, 0.717) is 41.0 Å². The van der Waals surface area contributed by atoms with Crippen LogP contribution in [0.25, 0.3) is 0 Å². The smallest absolute Gasteiger partial charge is 0.251 e. The van der Waals surface area contributed by atoms with E-state index in [1.165, 1.54) is 0 Å². The lowest BCUT2D eigenvalue weighted by Gasteiger charge is -2.05. The molecule has 0 unspecified atom stereocenters. The van der Waals surface area contributed by atoms with Gasteiger partial charge in [0, 0.05) is 29.2 Å². The zero-order valence-corrected chi connectivity index (χ0v) is 11.1. The second-order valence-corrected chi connectivity index (χ2v) is 4.45. The Labute approximate surface area is 114 Å². The highest BCUT2D eigenvalue weighted by Gasteiger charge is 2.08. The summed E-state index contributed by atoms with van der Waals surface area (Å²) in [5, 5.41) is 6.82. The lowest BCUT2D eigenvalue weighted by molar-refractivity contribution is 0.0953. The first-order chi connectivity index (χ1) is 9.04. The monoisotopic (exact) mass is 280 g/mol. The van der Waals surface area contributed by atoms with Gasteiger partial charge in [0.25, 0.3) is 5.91 Å². The van der Waals surface area contributed by atoms with Gasteiger partial charge in [-0.25, -0.2) is 0 Å². The van der Waals surface area contributed by atoms with Gasteiger partial charge in [0.2, 0.25) is 5.89 Å². The number of benzene rings is 1. The molecule has 0 aliphatic carbocycles. The number of carbonyl (C=O) groups excluding carboxylic acids is 1. The first-order valence-corrected chi connectivity index (χ1v) is 6.06. The zero-order valence-electron chi connectivity index (χ0n) is 10.3. The molecule has 2 aromatic rings. The van der Waals surface area contributed by atoms with Gasteiger partial charge in [-0.15, -0.1) is 0 Å². The largest absolute Gasteiger partial charge is 0.399 e. The van der Waals surface area contributed by atoms with Crippen LogP contribution in [0.4, 0.5) is 5.69 Å². The molecule has 0 atom stereocenters. The molecular weight excluding hydrogens is 268 g/mol. The number of amides is 1. The van der Waals surface area contributed by atoms with Crippen molar-refractivity contribution < 1.29 is 9.32 Å². The quantitative estimate of drug-likeness (QED) is 0.829. The fourth-order valence-corrected chi connectivity index (χ4v) is 1.81. The van der Waals surface area contributed by atoms with Crippen LogP contribution in [0.15, 0.2) is 22.7 Å². The molecule has 100 valence electrons. The van der Waals surface area contributed by atoms with Gasteiger partial charge in [0.05, 0.1) is 0 Å². The lowest BCUT2D eigenvalue weighted by Crippen LogP contribution is -2.25. The van der Waals surface area contributed by atoms with Crippen molar-refractivity contribution >= 4 is 23.2 Å². The third kappa shape index (κ3) is 3.69. The summed E-state index contributed by atoms with van der Waals surface area (Å²) in [4.78, 5) is 15.9. The highest BCUT2D eigenvalue weighted by atomic mass is 35.5. The molecule has 0 bridgehead atoms. The van der Waals surface area contributed by atoms with E-state index in [1.807, 2.05) is 0 Å². The summed E-state index contributed by atoms with van der Waals surface area (Å²) in [6.07, 6.45) is 0.475. The summed E-state index contributed by atoms with van der Waals surface area (Å²) >= 11 is 5.83. The van der Waals surface area contributed by atoms with Gasteiger partial charge in [0.15, 0.2) is 5.82 Å². The van der Waals surface area contributed by atoms with Crippen LogP contribution in [0.3, 0.4) is 0 Å². The average molecular weight is 281 g/mol. The molecular formula is C12H13ClN4O2. The molecule has 3 N–H and O–H groups in total. The molecule has 0 radical (unpaired) electrons. The SMILES string of the molecule is Cc1noc(CCNC(=O)c2cc(N)cc(Cl)c2)n1. The molecule has 1 aromatic carbocycles. The van der Waals surface area contributed by atoms with Crippen molar-refractivity contribution in [2.75, 3.05) is 12.3 Å². The van der Waals surface area contributed by atoms with Crippen molar-refractivity contribution in [2.45, 2.75) is 13.3 Å². The number of hydrogen-bond donors (Lipinski definition) is 2. The number of aromatic nitrogens is 2. The van der Waals surface area contributed by atoms with E-state index in [2.05, 4.69) is 15.5 Å². The topological polar surface area (TPSA) is 94.0 Å². The number of carbonyl (C=O) groups is 1. The summed E-state index contributed by atoms with van der Waals surface area (Å²) in [6.45, 7) is 2.13. The second kappa shape index (κ2) is 5.71. The van der Waals surface area contributed by atoms with Crippen molar-refractivity contribution in [3.8, 4) is 0 Å². The predicted octanol–water partition coefficient (Wildman–Crippen LogP) is 1.59. The summed E-state index contributed by atoms with van der Waals surface area (Å²) in [5.74, 6) is 0.817. The van der Waals surface area contributed by atoms with Gasteiger partial charge < -0.3 is 15.6 Å². The van der Waals surface area contributed by atoms with Crippen LogP contribution in [0, 0.1) is 6.92 Å². The number of aryl methyl sites for hydroxylation is 1. The Balaban J connectivity index is 1.90. The highest BCUT2D eigenvalue weighted by molar-refractivity contribution is 6.31. The summed E-state index contributed by atoms with van der Waals surface area (Å²) < 4.78 is 4.94. The predicted molar refractivity (Wildman–Crippen MR) is 70.9 cm³/mol. The normalized spacial score (nSPS) is 10.4. The molecule has 0 fully saturated rings. The van der Waals surface area contributed by atoms with E-state index in [4.69, 9.17) is 21.9 Å². The third-order valence-electron chi connectivity index (χ3n) is 2.38. The molecule has 1 amide bonds. The van der Waals surface area contributed by atoms with Crippen LogP contribution in [-0.4, -0.2) is 22.6 Å². The first kappa shape index (κ1) is 13.4. The van der Waals surface area contributed by atoms with Gasteiger partial charge in [0.1, 0.15) is 0 Å². The van der Waals surface area contributed by atoms with E-state index >= 15 is 0 Å². The van der Waals surface area contributed by atoms with Crippen LogP contribution >= 0.6 is 11.6 Å². The average Bonchev–Trinajstić information content (AvgIpc) is 2.73. The first-order valence-electron chi connectivity index (χ1n) is 5.68. The van der Waals surface area contributed by atoms with E-state index in [-0.39, 0.29) is 5.91 Å². The van der Waals surface area contributed by atoms with Crippen molar-refractivity contribution in [1.29, 1.82) is 0 Å². The van der Waals surface area contributed by atoms with E-state index < -0.39 is 0 Å². The minimum absolute atomic E-state index is 0.245. The lowest BCUT2D eigenvalue weighted by atomic mass is 10.2. The number of nitrogens with one attached hydrogen (secondary N) is 1. The Hall–Kier alpha value is -2.08. The van der Waals surface area contributed by atoms with Crippen LogP contribution in [0.1, 0.15) is 22.1 Å². The molecule has 7 heteroatoms. The van der Waals surface area contributed by atoms with Gasteiger partial charge >= 0.3 is 0 Å². The van der Waals surface area contributed by atoms with Gasteiger partial charge in [-0.2, -0.15) is 4.98 Å². The summed E-state index contributed by atoms with van der Waals surface area (Å²) in [7, 11) is 0. The zero-order chi connectivity index (χ0) is 13.8. The van der Waals surface area contributed by atoms with Crippen molar-refractivity contribution in [2.24, 2.45) is 0 Å². The van der Waals surface area contributed by atoms with Crippen molar-refractivity contribution in [3.05, 3.63) is 40.5 Å². The Kier molecular flexibility index (Phi) is 4.01. The molecule has 1 aromatic heterocycles. The number of nitrogen functional groups attached to an aromatic ring is 1. The number of nitrogens with zero attached hydrogens (tertiary/aromatic N) is 2. The van der Waals surface area contributed by atoms with E-state index in [1.54, 1.807) is 25.1 Å². The van der Waals surface area contributed by atoms with Gasteiger partial charge in [-0.3, -0.25) is 4.79 Å². The Morgan fingerprint density at radius 2 is 2.26 bits per heavy atom. The fraction of sp³-hybridized carbons (Fsp3) is 0.250. The number of nitrogens with two attached hydrogens (primary N) is 1. The maximum atomic E-state index is 11.9. The molecule has 6 nitrogen and oxygen atoms in total. The van der Waals surface area contributed by atoms with Crippen molar-refractivity contribution in [1.82, 2.24) is 15.5 Å². The molecule has 2 rings (SSSR count). The minimum Gasteiger partial charge on any atom is -0.399 e. The Morgan fingerprint density at radius 3 is 2.89 bits per heavy atom.